The molecule has 0 bridgehead atoms. The maximum absolute atomic E-state index is 12.8. The third-order valence-electron chi connectivity index (χ3n) is 22.0. The van der Waals surface area contributed by atoms with E-state index in [-0.39, 0.29) is 0 Å². The minimum atomic E-state index is -2.51. The molecule has 119 heavy (non-hydrogen) atoms. The number of hydrogen-bond donors (Lipinski definition) is 7. The first-order valence-corrected chi connectivity index (χ1v) is 50.5. The molecule has 5 aliphatic heterocycles. The van der Waals surface area contributed by atoms with E-state index in [0.29, 0.717) is 105 Å². The van der Waals surface area contributed by atoms with Crippen LogP contribution in [0, 0.1) is 0 Å². The maximum Gasteiger partial charge on any atom is 0.229 e. The highest BCUT2D eigenvalue weighted by atomic mass is 35.5. The van der Waals surface area contributed by atoms with Gasteiger partial charge in [-0.25, -0.2) is 15.0 Å². The molecule has 10 heterocycles. The number of ether oxygens (including phenoxy) is 3. The zero-order valence-corrected chi connectivity index (χ0v) is 75.5. The summed E-state index contributed by atoms with van der Waals surface area (Å²) >= 11 is 20.7. The second kappa shape index (κ2) is 40.4. The Morgan fingerprint density at radius 3 is 1.29 bits per heavy atom. The number of methoxy groups -OCH3 is 1. The Kier molecular flexibility index (Phi) is 29.9. The van der Waals surface area contributed by atoms with Crippen LogP contribution >= 0.6 is 67.6 Å². The highest BCUT2D eigenvalue weighted by Gasteiger charge is 2.31. The second-order valence-electron chi connectivity index (χ2n) is 31.6. The molecular formula is C85H111Cl3N21O6P3S. The molecule has 7 N–H and O–H groups in total. The average molecular weight is 1750 g/mol. The number of benzene rings is 5. The Balaban J connectivity index is 0.000000155. The van der Waals surface area contributed by atoms with Gasteiger partial charge in [0.2, 0.25) is 17.8 Å². The maximum atomic E-state index is 12.8. The van der Waals surface area contributed by atoms with Crippen LogP contribution in [0.3, 0.4) is 0 Å². The molecule has 34 heteroatoms. The predicted octanol–water partition coefficient (Wildman–Crippen LogP) is 16.7. The summed E-state index contributed by atoms with van der Waals surface area (Å²) in [6.07, 6.45) is 15.5. The molecule has 27 nitrogen and oxygen atoms in total. The van der Waals surface area contributed by atoms with E-state index < -0.39 is 21.4 Å². The number of hydrogen-bond acceptors (Lipinski definition) is 27. The zero-order chi connectivity index (χ0) is 84.0. The molecule has 5 saturated heterocycles. The molecule has 0 spiro atoms. The first kappa shape index (κ1) is 88.2. The van der Waals surface area contributed by atoms with Crippen molar-refractivity contribution in [1.82, 2.24) is 64.6 Å². The topological polar surface area (TPSA) is 278 Å². The van der Waals surface area contributed by atoms with E-state index in [2.05, 4.69) is 151 Å². The smallest absolute Gasteiger partial charge is 0.229 e. The molecule has 15 rings (SSSR count). The van der Waals surface area contributed by atoms with Crippen molar-refractivity contribution in [3.63, 3.8) is 0 Å². The molecule has 5 fully saturated rings. The minimum absolute atomic E-state index is 0.343. The van der Waals surface area contributed by atoms with Crippen LogP contribution in [0.4, 0.5) is 80.8 Å². The van der Waals surface area contributed by atoms with Gasteiger partial charge in [-0.1, -0.05) is 65.1 Å². The van der Waals surface area contributed by atoms with E-state index in [1.54, 1.807) is 59.5 Å². The van der Waals surface area contributed by atoms with E-state index >= 15 is 0 Å². The van der Waals surface area contributed by atoms with Gasteiger partial charge in [-0.15, -0.1) is 11.3 Å². The number of thiophene rings is 1. The molecule has 0 aliphatic carbocycles. The number of rotatable bonds is 26. The lowest BCUT2D eigenvalue weighted by Gasteiger charge is -2.42. The third-order valence-corrected chi connectivity index (χ3v) is 29.5. The Morgan fingerprint density at radius 1 is 0.454 bits per heavy atom. The molecule has 634 valence electrons. The van der Waals surface area contributed by atoms with Crippen LogP contribution in [0.25, 0.3) is 11.1 Å². The van der Waals surface area contributed by atoms with Gasteiger partial charge < -0.3 is 84.7 Å². The molecule has 0 amide bonds. The lowest BCUT2D eigenvalue weighted by Crippen LogP contribution is -2.52. The fourth-order valence-corrected chi connectivity index (χ4v) is 20.7. The summed E-state index contributed by atoms with van der Waals surface area (Å²) in [6, 6.07) is 37.1. The van der Waals surface area contributed by atoms with Gasteiger partial charge in [-0.05, 0) is 197 Å². The number of nitrogens with zero attached hydrogens (tertiary/aromatic N) is 14. The van der Waals surface area contributed by atoms with Crippen LogP contribution in [0.5, 0.6) is 17.2 Å². The highest BCUT2D eigenvalue weighted by Crippen LogP contribution is 2.45. The van der Waals surface area contributed by atoms with E-state index in [1.807, 2.05) is 110 Å². The van der Waals surface area contributed by atoms with Crippen LogP contribution in [-0.2, 0) is 13.7 Å². The summed E-state index contributed by atoms with van der Waals surface area (Å²) in [5.74, 6) is 4.56. The number of piperazine rings is 2. The van der Waals surface area contributed by atoms with Gasteiger partial charge in [0.1, 0.15) is 53.7 Å². The molecule has 0 saturated carbocycles. The van der Waals surface area contributed by atoms with Crippen LogP contribution in [0.1, 0.15) is 58.4 Å². The molecule has 5 aromatic heterocycles. The number of aromatic nitrogens is 8. The fourth-order valence-electron chi connectivity index (χ4n) is 15.5. The van der Waals surface area contributed by atoms with Gasteiger partial charge >= 0.3 is 0 Å². The second-order valence-corrected chi connectivity index (χ2v) is 43.6. The van der Waals surface area contributed by atoms with E-state index in [1.165, 1.54) is 75.1 Å². The first-order chi connectivity index (χ1) is 57.2. The van der Waals surface area contributed by atoms with Crippen LogP contribution in [-0.4, -0.2) is 237 Å². The third kappa shape index (κ3) is 23.4. The van der Waals surface area contributed by atoms with Gasteiger partial charge in [0.25, 0.3) is 0 Å². The molecule has 0 atom stereocenters. The molecular weight excluding hydrogens is 1640 g/mol. The van der Waals surface area contributed by atoms with E-state index in [4.69, 9.17) is 49.0 Å². The monoisotopic (exact) mass is 1750 g/mol. The number of halogens is 3. The summed E-state index contributed by atoms with van der Waals surface area (Å²) in [7, 11) is -1.41. The molecule has 10 aromatic rings. The Hall–Kier alpha value is -8.59. The summed E-state index contributed by atoms with van der Waals surface area (Å²) < 4.78 is 58.9. The fraction of sp³-hybridized carbons (Fsp3) is 0.424. The number of para-hydroxylation sites is 2. The van der Waals surface area contributed by atoms with Crippen LogP contribution in [0.2, 0.25) is 15.1 Å². The van der Waals surface area contributed by atoms with Crippen molar-refractivity contribution >= 4 is 164 Å². The predicted molar refractivity (Wildman–Crippen MR) is 494 cm³/mol. The summed E-state index contributed by atoms with van der Waals surface area (Å²) in [5, 5.41) is 32.1. The van der Waals surface area contributed by atoms with Crippen molar-refractivity contribution in [3.05, 3.63) is 161 Å². The van der Waals surface area contributed by atoms with E-state index in [0.717, 1.165) is 139 Å². The van der Waals surface area contributed by atoms with Crippen LogP contribution in [0.15, 0.2) is 146 Å². The zero-order valence-electron chi connectivity index (χ0n) is 69.7. The Bertz CT molecular complexity index is 5230. The lowest BCUT2D eigenvalue weighted by atomic mass is 10.0. The first-order valence-electron chi connectivity index (χ1n) is 40.7. The quantitative estimate of drug-likeness (QED) is 0.0248. The van der Waals surface area contributed by atoms with Crippen molar-refractivity contribution in [2.45, 2.75) is 70.5 Å². The standard InChI is InChI=1S/C30H41ClN7O2P.C28H39ClN7O2PS.C27H31ClN7O2P/c1-5-40-27-20-23(37-14-12-22(13-15-37)38-18-16-36(2)17-19-38)10-11-25(27)34-30-32-21-24(31)29(35-30)33-26-8-6-7-9-28(26)41(3,4)39;1-5-38-25-18-21(35-11-8-20(9-12-35)36-15-13-34(2)14-16-36)6-7-23(25)32-28-30-19-22(29)26(33-28)31-24-10-17-40-27(24)39(3,4)37;1-37-24-14-18(19-15-31-35(17-19)20-10-12-29-13-11-20)8-9-22(24)33-27-30-16-21(28)26(34-27)32-23-6-4-5-7-25(23)38(2,3)36/h6-11,20-22H,5,12-19H2,1-4H3,(H2,32,33,34,35);6-7,10,17-20H,5,8-9,11-16H2,1-4H3,(H2,30,31,32,33);4-9,14-17,20,29H,10-13H2,1-3H3,(H2,30,32,33,34). The number of piperidine rings is 3. The van der Waals surface area contributed by atoms with Gasteiger partial charge in [-0.3, -0.25) is 14.5 Å². The highest BCUT2D eigenvalue weighted by molar-refractivity contribution is 7.76. The minimum Gasteiger partial charge on any atom is -0.495 e. The van der Waals surface area contributed by atoms with Gasteiger partial charge in [0.15, 0.2) is 17.5 Å². The largest absolute Gasteiger partial charge is 0.495 e. The van der Waals surface area contributed by atoms with Crippen molar-refractivity contribution in [1.29, 1.82) is 0 Å². The van der Waals surface area contributed by atoms with Crippen molar-refractivity contribution < 1.29 is 27.9 Å². The van der Waals surface area contributed by atoms with Crippen LogP contribution < -0.4 is 76.5 Å². The molecule has 5 aliphatic rings. The van der Waals surface area contributed by atoms with Crippen molar-refractivity contribution in [2.75, 3.05) is 208 Å². The SMILES string of the molecule is CCOc1cc(N2CCC(N3CCN(C)CC3)CC2)ccc1Nc1ncc(Cl)c(Nc2ccccc2P(C)(C)=O)n1.CCOc1cc(N2CCC(N3CCN(C)CC3)CC2)ccc1Nc1ncc(Cl)c(Nc2ccsc2P(C)(C)=O)n1.COc1cc(-c2cnn(C3CCNCC3)c2)ccc1Nc1ncc(Cl)c(Nc2ccccc2P(C)(C)=O)n1. The Labute approximate surface area is 718 Å². The number of anilines is 14. The van der Waals surface area contributed by atoms with Crippen molar-refractivity contribution in [2.24, 2.45) is 0 Å². The summed E-state index contributed by atoms with van der Waals surface area (Å²) in [5.41, 5.74) is 8.80. The van der Waals surface area contributed by atoms with Gasteiger partial charge in [0, 0.05) is 136 Å². The summed E-state index contributed by atoms with van der Waals surface area (Å²) in [4.78, 5) is 42.0. The Morgan fingerprint density at radius 2 is 0.874 bits per heavy atom. The average Bonchev–Trinajstić information content (AvgIpc) is 1.79. The summed E-state index contributed by atoms with van der Waals surface area (Å²) in [6.45, 7) is 31.1. The molecule has 5 aromatic carbocycles. The lowest BCUT2D eigenvalue weighted by molar-refractivity contribution is 0.0982. The van der Waals surface area contributed by atoms with E-state index in [9.17, 15) is 13.7 Å². The van der Waals surface area contributed by atoms with Gasteiger partial charge in [0.05, 0.1) is 89.9 Å². The molecule has 0 unspecified atom stereocenters. The normalized spacial score (nSPS) is 16.5. The molecule has 0 radical (unpaired) electrons. The number of likely N-dealkylation sites (N-methyl/N-ethyl adjacent to an activating group) is 2. The van der Waals surface area contributed by atoms with Crippen molar-refractivity contribution in [3.8, 4) is 28.4 Å². The van der Waals surface area contributed by atoms with Gasteiger partial charge in [-0.2, -0.15) is 20.1 Å². The number of nitrogens with one attached hydrogen (secondary N) is 7.